The molecule has 22 heavy (non-hydrogen) atoms. The van der Waals surface area contributed by atoms with Crippen LogP contribution in [0.15, 0.2) is 12.1 Å². The molecule has 0 unspecified atom stereocenters. The number of nitrogens with two attached hydrogens (primary N) is 1. The first-order valence-electron chi connectivity index (χ1n) is 6.05. The van der Waals surface area contributed by atoms with Crippen molar-refractivity contribution >= 4 is 12.4 Å². The van der Waals surface area contributed by atoms with Gasteiger partial charge in [0, 0.05) is 12.0 Å². The molecule has 0 saturated heterocycles. The maximum atomic E-state index is 12.5. The van der Waals surface area contributed by atoms with Gasteiger partial charge in [-0.2, -0.15) is 13.2 Å². The van der Waals surface area contributed by atoms with E-state index >= 15 is 0 Å². The highest BCUT2D eigenvalue weighted by Crippen LogP contribution is 2.43. The van der Waals surface area contributed by atoms with Gasteiger partial charge >= 0.3 is 6.18 Å². The predicted molar refractivity (Wildman–Crippen MR) is 77.0 cm³/mol. The number of rotatable bonds is 6. The molecule has 0 spiro atoms. The lowest BCUT2D eigenvalue weighted by Gasteiger charge is -2.22. The first-order valence-corrected chi connectivity index (χ1v) is 6.05. The maximum absolute atomic E-state index is 12.5. The van der Waals surface area contributed by atoms with Gasteiger partial charge in [-0.25, -0.2) is 0 Å². The number of aliphatic hydroxyl groups is 1. The van der Waals surface area contributed by atoms with Crippen LogP contribution in [0.3, 0.4) is 0 Å². The zero-order valence-electron chi connectivity index (χ0n) is 12.3. The molecule has 1 aromatic rings. The molecule has 0 fully saturated rings. The SMILES string of the molecule is COc1ccc([C@H](O)C[C@@H](N)C(F)(F)F)c(OC)c1OC.Cl. The van der Waals surface area contributed by atoms with Crippen molar-refractivity contribution in [2.75, 3.05) is 21.3 Å². The van der Waals surface area contributed by atoms with Gasteiger partial charge in [0.05, 0.1) is 27.4 Å². The third kappa shape index (κ3) is 4.56. The van der Waals surface area contributed by atoms with E-state index < -0.39 is 24.7 Å². The Morgan fingerprint density at radius 2 is 1.64 bits per heavy atom. The van der Waals surface area contributed by atoms with Gasteiger partial charge in [-0.05, 0) is 12.1 Å². The second-order valence-electron chi connectivity index (χ2n) is 4.32. The van der Waals surface area contributed by atoms with Gasteiger partial charge in [0.2, 0.25) is 5.75 Å². The van der Waals surface area contributed by atoms with Crippen molar-refractivity contribution in [2.45, 2.75) is 24.7 Å². The molecule has 0 heterocycles. The fraction of sp³-hybridized carbons (Fsp3) is 0.538. The number of ether oxygens (including phenoxy) is 3. The van der Waals surface area contributed by atoms with Crippen LogP contribution in [0.25, 0.3) is 0 Å². The average Bonchev–Trinajstić information content (AvgIpc) is 2.43. The molecule has 9 heteroatoms. The smallest absolute Gasteiger partial charge is 0.403 e. The van der Waals surface area contributed by atoms with Gasteiger partial charge in [0.25, 0.3) is 0 Å². The number of halogens is 4. The normalized spacial score (nSPS) is 13.8. The van der Waals surface area contributed by atoms with Crippen molar-refractivity contribution in [3.05, 3.63) is 17.7 Å². The van der Waals surface area contributed by atoms with E-state index in [1.807, 2.05) is 0 Å². The van der Waals surface area contributed by atoms with E-state index in [1.165, 1.54) is 33.5 Å². The number of aliphatic hydroxyl groups excluding tert-OH is 1. The van der Waals surface area contributed by atoms with Crippen LogP contribution in [-0.2, 0) is 0 Å². The summed E-state index contributed by atoms with van der Waals surface area (Å²) in [5, 5.41) is 9.99. The fourth-order valence-electron chi connectivity index (χ4n) is 1.89. The van der Waals surface area contributed by atoms with Gasteiger partial charge in [-0.15, -0.1) is 12.4 Å². The summed E-state index contributed by atoms with van der Waals surface area (Å²) < 4.78 is 52.7. The molecule has 1 rings (SSSR count). The van der Waals surface area contributed by atoms with Crippen LogP contribution in [-0.4, -0.2) is 38.7 Å². The van der Waals surface area contributed by atoms with E-state index in [1.54, 1.807) is 0 Å². The molecule has 0 aromatic heterocycles. The molecule has 1 aromatic carbocycles. The monoisotopic (exact) mass is 345 g/mol. The summed E-state index contributed by atoms with van der Waals surface area (Å²) in [4.78, 5) is 0. The Kier molecular flexibility index (Phi) is 7.78. The van der Waals surface area contributed by atoms with Crippen molar-refractivity contribution in [3.63, 3.8) is 0 Å². The second kappa shape index (κ2) is 8.30. The van der Waals surface area contributed by atoms with Gasteiger partial charge in [-0.3, -0.25) is 0 Å². The quantitative estimate of drug-likeness (QED) is 0.828. The van der Waals surface area contributed by atoms with Crippen molar-refractivity contribution in [1.82, 2.24) is 0 Å². The minimum absolute atomic E-state index is 0. The maximum Gasteiger partial charge on any atom is 0.403 e. The van der Waals surface area contributed by atoms with Gasteiger partial charge in [0.1, 0.15) is 6.04 Å². The van der Waals surface area contributed by atoms with E-state index in [-0.39, 0.29) is 29.5 Å². The highest BCUT2D eigenvalue weighted by molar-refractivity contribution is 5.85. The minimum Gasteiger partial charge on any atom is -0.493 e. The van der Waals surface area contributed by atoms with E-state index in [2.05, 4.69) is 0 Å². The van der Waals surface area contributed by atoms with Crippen LogP contribution in [0.2, 0.25) is 0 Å². The van der Waals surface area contributed by atoms with Crippen LogP contribution in [0.1, 0.15) is 18.1 Å². The number of hydrogen-bond donors (Lipinski definition) is 2. The molecule has 0 aliphatic rings. The number of benzene rings is 1. The molecule has 0 amide bonds. The Labute approximate surface area is 132 Å². The van der Waals surface area contributed by atoms with Crippen LogP contribution in [0.4, 0.5) is 13.2 Å². The molecule has 0 bridgehead atoms. The number of hydrogen-bond acceptors (Lipinski definition) is 5. The first-order chi connectivity index (χ1) is 9.76. The number of alkyl halides is 3. The molecule has 0 aliphatic heterocycles. The third-order valence-corrected chi connectivity index (χ3v) is 2.99. The van der Waals surface area contributed by atoms with Crippen LogP contribution < -0.4 is 19.9 Å². The Bertz CT molecular complexity index is 485. The van der Waals surface area contributed by atoms with E-state index in [0.717, 1.165) is 0 Å². The number of methoxy groups -OCH3 is 3. The molecule has 128 valence electrons. The lowest BCUT2D eigenvalue weighted by atomic mass is 10.0. The Hall–Kier alpha value is -1.38. The standard InChI is InChI=1S/C13H18F3NO4.ClH/c1-19-9-5-4-7(11(20-2)12(9)21-3)8(18)6-10(17)13(14,15)16;/h4-5,8,10,18H,6,17H2,1-3H3;1H/t8-,10-;/m1./s1. The lowest BCUT2D eigenvalue weighted by Crippen LogP contribution is -2.38. The van der Waals surface area contributed by atoms with Crippen molar-refractivity contribution in [3.8, 4) is 17.2 Å². The van der Waals surface area contributed by atoms with E-state index in [9.17, 15) is 18.3 Å². The fourth-order valence-corrected chi connectivity index (χ4v) is 1.89. The summed E-state index contributed by atoms with van der Waals surface area (Å²) in [5.74, 6) is 0.640. The first kappa shape index (κ1) is 20.6. The van der Waals surface area contributed by atoms with Crippen LogP contribution in [0, 0.1) is 0 Å². The Morgan fingerprint density at radius 3 is 2.05 bits per heavy atom. The molecule has 0 aliphatic carbocycles. The third-order valence-electron chi connectivity index (χ3n) is 2.99. The summed E-state index contributed by atoms with van der Waals surface area (Å²) in [7, 11) is 4.09. The molecule has 3 N–H and O–H groups in total. The van der Waals surface area contributed by atoms with Gasteiger partial charge < -0.3 is 25.1 Å². The largest absolute Gasteiger partial charge is 0.493 e. The van der Waals surface area contributed by atoms with E-state index in [0.29, 0.717) is 5.75 Å². The van der Waals surface area contributed by atoms with Crippen molar-refractivity contribution < 1.29 is 32.5 Å². The molecule has 2 atom stereocenters. The highest BCUT2D eigenvalue weighted by atomic mass is 35.5. The topological polar surface area (TPSA) is 73.9 Å². The van der Waals surface area contributed by atoms with Crippen LogP contribution in [0.5, 0.6) is 17.2 Å². The molecule has 0 radical (unpaired) electrons. The zero-order valence-corrected chi connectivity index (χ0v) is 13.1. The highest BCUT2D eigenvalue weighted by Gasteiger charge is 2.38. The van der Waals surface area contributed by atoms with Crippen molar-refractivity contribution in [2.24, 2.45) is 5.73 Å². The second-order valence-corrected chi connectivity index (χ2v) is 4.32. The molecular weight excluding hydrogens is 327 g/mol. The van der Waals surface area contributed by atoms with Crippen LogP contribution >= 0.6 is 12.4 Å². The summed E-state index contributed by atoms with van der Waals surface area (Å²) >= 11 is 0. The predicted octanol–water partition coefficient (Wildman–Crippen LogP) is 2.45. The van der Waals surface area contributed by atoms with E-state index in [4.69, 9.17) is 19.9 Å². The van der Waals surface area contributed by atoms with Gasteiger partial charge in [-0.1, -0.05) is 0 Å². The summed E-state index contributed by atoms with van der Waals surface area (Å²) in [6, 6.07) is 0.748. The lowest BCUT2D eigenvalue weighted by molar-refractivity contribution is -0.153. The molecule has 0 saturated carbocycles. The average molecular weight is 346 g/mol. The van der Waals surface area contributed by atoms with Gasteiger partial charge in [0.15, 0.2) is 11.5 Å². The summed E-state index contributed by atoms with van der Waals surface area (Å²) in [5.41, 5.74) is 5.17. The molecule has 5 nitrogen and oxygen atoms in total. The summed E-state index contributed by atoms with van der Waals surface area (Å²) in [6.45, 7) is 0. The Balaban J connectivity index is 0.00000441. The Morgan fingerprint density at radius 1 is 1.09 bits per heavy atom. The van der Waals surface area contributed by atoms with Crippen molar-refractivity contribution in [1.29, 1.82) is 0 Å². The molecular formula is C13H19ClF3NO4. The summed E-state index contributed by atoms with van der Waals surface area (Å²) in [6.07, 6.45) is -6.71. The zero-order chi connectivity index (χ0) is 16.2. The minimum atomic E-state index is -4.58.